The van der Waals surface area contributed by atoms with Gasteiger partial charge in [0.1, 0.15) is 0 Å². The van der Waals surface area contributed by atoms with E-state index in [-0.39, 0.29) is 51.3 Å². The Bertz CT molecular complexity index is 31.1. The Balaban J connectivity index is -0.0000000150. The van der Waals surface area contributed by atoms with Gasteiger partial charge in [-0.05, 0) is 0 Å². The third kappa shape index (κ3) is 481. The predicted octanol–water partition coefficient (Wildman–Crippen LogP) is -1.43. The van der Waals surface area contributed by atoms with Gasteiger partial charge in [0, 0.05) is 40.4 Å². The Morgan fingerprint density at radius 3 is 1.14 bits per heavy atom. The molecule has 0 unspecified atom stereocenters. The molecule has 7 heavy (non-hydrogen) atoms. The molecule has 0 aliphatic rings. The van der Waals surface area contributed by atoms with E-state index in [9.17, 15) is 0 Å². The summed E-state index contributed by atoms with van der Waals surface area (Å²) in [6.07, 6.45) is -1.83. The summed E-state index contributed by atoms with van der Waals surface area (Å²) in [7, 11) is 0. The van der Waals surface area contributed by atoms with Crippen molar-refractivity contribution in [2.45, 2.75) is 0 Å². The fourth-order valence-corrected chi connectivity index (χ4v) is 0. The summed E-state index contributed by atoms with van der Waals surface area (Å²) >= 11 is 0. The summed E-state index contributed by atoms with van der Waals surface area (Å²) in [5.41, 5.74) is 0. The van der Waals surface area contributed by atoms with Crippen molar-refractivity contribution in [3.63, 3.8) is 0 Å². The van der Waals surface area contributed by atoms with Crippen LogP contribution in [-0.4, -0.2) is 27.3 Å². The van der Waals surface area contributed by atoms with E-state index in [2.05, 4.69) is 0 Å². The van der Waals surface area contributed by atoms with Gasteiger partial charge in [-0.2, -0.15) is 0 Å². The Kier molecular flexibility index (Phi) is 59.0. The minimum absolute atomic E-state index is 0. The van der Waals surface area contributed by atoms with Gasteiger partial charge in [-0.25, -0.2) is 4.79 Å². The number of rotatable bonds is 0. The van der Waals surface area contributed by atoms with Crippen LogP contribution in [0, 0.1) is 40.4 Å². The molecule has 0 saturated carbocycles. The van der Waals surface area contributed by atoms with E-state index in [1.807, 2.05) is 0 Å². The molecular weight excluding hydrogens is 242 g/mol. The van der Waals surface area contributed by atoms with Crippen molar-refractivity contribution in [3.05, 3.63) is 0 Å². The summed E-state index contributed by atoms with van der Waals surface area (Å²) < 4.78 is 0. The molecule has 0 spiro atoms. The van der Waals surface area contributed by atoms with Crippen LogP contribution in [0.1, 0.15) is 0 Å². The average Bonchev–Trinajstić information content (AvgIpc) is 0.811. The monoisotopic (exact) mass is 250 g/mol. The number of carboxylic acid groups (broad SMARTS) is 2. The SMILES string of the molecule is O.O.O=C(O)O.[Sm]. The first-order chi connectivity index (χ1) is 1.73. The molecule has 0 atom stereocenters. The molecule has 0 aromatic carbocycles. The average molecular weight is 248 g/mol. The Labute approximate surface area is 72.1 Å². The van der Waals surface area contributed by atoms with E-state index >= 15 is 0 Å². The first kappa shape index (κ1) is 25.8. The Morgan fingerprint density at radius 1 is 1.14 bits per heavy atom. The van der Waals surface area contributed by atoms with Gasteiger partial charge >= 0.3 is 6.16 Å². The van der Waals surface area contributed by atoms with Gasteiger partial charge in [0.15, 0.2) is 0 Å². The van der Waals surface area contributed by atoms with Crippen LogP contribution in [0.2, 0.25) is 0 Å². The molecule has 0 bridgehead atoms. The minimum Gasteiger partial charge on any atom is -0.450 e. The number of carbonyl (C=O) groups is 1. The van der Waals surface area contributed by atoms with Crippen LogP contribution in [0.15, 0.2) is 0 Å². The second-order valence-electron chi connectivity index (χ2n) is 0.283. The topological polar surface area (TPSA) is 121 Å². The largest absolute Gasteiger partial charge is 0.503 e. The number of hydrogen-bond acceptors (Lipinski definition) is 1. The summed E-state index contributed by atoms with van der Waals surface area (Å²) in [6.45, 7) is 0. The maximum atomic E-state index is 8.56. The molecule has 0 aliphatic carbocycles. The first-order valence-electron chi connectivity index (χ1n) is 0.651. The van der Waals surface area contributed by atoms with E-state index in [0.29, 0.717) is 0 Å². The van der Waals surface area contributed by atoms with E-state index in [1.165, 1.54) is 0 Å². The van der Waals surface area contributed by atoms with Crippen molar-refractivity contribution in [2.75, 3.05) is 0 Å². The van der Waals surface area contributed by atoms with Gasteiger partial charge in [-0.3, -0.25) is 0 Å². The summed E-state index contributed by atoms with van der Waals surface area (Å²) in [5.74, 6) is 0. The van der Waals surface area contributed by atoms with Crippen LogP contribution in [0.3, 0.4) is 0 Å². The van der Waals surface area contributed by atoms with Crippen LogP contribution in [-0.2, 0) is 0 Å². The molecule has 0 aliphatic heterocycles. The molecule has 0 heterocycles. The van der Waals surface area contributed by atoms with Crippen molar-refractivity contribution in [1.29, 1.82) is 0 Å². The van der Waals surface area contributed by atoms with E-state index in [0.717, 1.165) is 0 Å². The van der Waals surface area contributed by atoms with Crippen LogP contribution < -0.4 is 0 Å². The summed E-state index contributed by atoms with van der Waals surface area (Å²) in [4.78, 5) is 8.56. The molecule has 0 aromatic heterocycles. The Hall–Kier alpha value is 0.528. The molecule has 6 heteroatoms. The normalized spacial score (nSPS) is 3.43. The third-order valence-corrected chi connectivity index (χ3v) is 0. The van der Waals surface area contributed by atoms with Crippen LogP contribution in [0.5, 0.6) is 0 Å². The zero-order valence-corrected chi connectivity index (χ0v) is 5.83. The van der Waals surface area contributed by atoms with E-state index in [4.69, 9.17) is 15.0 Å². The third-order valence-electron chi connectivity index (χ3n) is 0. The maximum absolute atomic E-state index is 8.56. The quantitative estimate of drug-likeness (QED) is 0.547. The summed E-state index contributed by atoms with van der Waals surface area (Å²) in [6, 6.07) is 0. The van der Waals surface area contributed by atoms with Crippen LogP contribution >= 0.6 is 0 Å². The molecule has 0 aromatic rings. The minimum atomic E-state index is -1.83. The maximum Gasteiger partial charge on any atom is 0.503 e. The van der Waals surface area contributed by atoms with Crippen LogP contribution in [0.4, 0.5) is 4.79 Å². The van der Waals surface area contributed by atoms with E-state index in [1.54, 1.807) is 0 Å². The van der Waals surface area contributed by atoms with Crippen LogP contribution in [0.25, 0.3) is 0 Å². The van der Waals surface area contributed by atoms with Gasteiger partial charge in [-0.1, -0.05) is 0 Å². The van der Waals surface area contributed by atoms with Gasteiger partial charge in [0.05, 0.1) is 0 Å². The fourth-order valence-electron chi connectivity index (χ4n) is 0. The van der Waals surface area contributed by atoms with E-state index < -0.39 is 6.16 Å². The Morgan fingerprint density at radius 2 is 1.14 bits per heavy atom. The standard InChI is InChI=1S/CH2O3.2H2O.Sm/c2-1(3)4;;;/h(H2,2,3,4);2*1H2;. The molecule has 5 nitrogen and oxygen atoms in total. The molecule has 6 N–H and O–H groups in total. The van der Waals surface area contributed by atoms with Crippen molar-refractivity contribution >= 4 is 6.16 Å². The molecule has 0 fully saturated rings. The van der Waals surface area contributed by atoms with Gasteiger partial charge < -0.3 is 21.2 Å². The molecule has 46 valence electrons. The van der Waals surface area contributed by atoms with Gasteiger partial charge in [-0.15, -0.1) is 0 Å². The second-order valence-corrected chi connectivity index (χ2v) is 0.283. The summed E-state index contributed by atoms with van der Waals surface area (Å²) in [5, 5.41) is 13.9. The van der Waals surface area contributed by atoms with Gasteiger partial charge in [0.25, 0.3) is 0 Å². The molecule has 0 rings (SSSR count). The molecule has 0 saturated heterocycles. The molecule has 0 radical (unpaired) electrons. The molecule has 0 amide bonds. The van der Waals surface area contributed by atoms with Crippen molar-refractivity contribution < 1.29 is 66.3 Å². The number of hydrogen-bond donors (Lipinski definition) is 2. The smallest absolute Gasteiger partial charge is 0.450 e. The van der Waals surface area contributed by atoms with Crippen molar-refractivity contribution in [2.24, 2.45) is 0 Å². The van der Waals surface area contributed by atoms with Gasteiger partial charge in [0.2, 0.25) is 0 Å². The first-order valence-corrected chi connectivity index (χ1v) is 0.651. The predicted molar refractivity (Wildman–Crippen MR) is 17.9 cm³/mol. The zero-order chi connectivity index (χ0) is 3.58. The van der Waals surface area contributed by atoms with Crippen molar-refractivity contribution in [1.82, 2.24) is 0 Å². The second kappa shape index (κ2) is 16.0. The molecular formula is CH6O5Sm. The van der Waals surface area contributed by atoms with Crippen molar-refractivity contribution in [3.8, 4) is 0 Å². The fraction of sp³-hybridized carbons (Fsp3) is 0. The zero-order valence-electron chi connectivity index (χ0n) is 3.21.